The van der Waals surface area contributed by atoms with Crippen molar-refractivity contribution in [1.82, 2.24) is 14.5 Å². The molecule has 0 saturated heterocycles. The number of para-hydroxylation sites is 1. The smallest absolute Gasteiger partial charge is 0.422 e. The van der Waals surface area contributed by atoms with Crippen LogP contribution in [-0.2, 0) is 27.2 Å². The fourth-order valence-corrected chi connectivity index (χ4v) is 5.18. The Morgan fingerprint density at radius 3 is 2.26 bits per heavy atom. The van der Waals surface area contributed by atoms with Crippen molar-refractivity contribution >= 4 is 26.6 Å². The van der Waals surface area contributed by atoms with Crippen LogP contribution in [0.5, 0.6) is 5.75 Å². The highest BCUT2D eigenvalue weighted by molar-refractivity contribution is 7.90. The number of alkyl halides is 6. The highest BCUT2D eigenvalue weighted by atomic mass is 32.2. The molecule has 16 heteroatoms. The molecular weight excluding hydrogens is 647 g/mol. The van der Waals surface area contributed by atoms with Gasteiger partial charge in [-0.3, -0.25) is 14.2 Å². The van der Waals surface area contributed by atoms with Gasteiger partial charge in [-0.15, -0.1) is 0 Å². The molecule has 46 heavy (non-hydrogen) atoms. The lowest BCUT2D eigenvalue weighted by atomic mass is 10.1. The lowest BCUT2D eigenvalue weighted by Crippen LogP contribution is -2.40. The second kappa shape index (κ2) is 13.1. The first kappa shape index (κ1) is 34.4. The second-order valence-corrected chi connectivity index (χ2v) is 12.7. The van der Waals surface area contributed by atoms with Gasteiger partial charge in [-0.05, 0) is 61.0 Å². The molecule has 8 nitrogen and oxygen atoms in total. The number of sulfone groups is 1. The Morgan fingerprint density at radius 2 is 1.65 bits per heavy atom. The molecule has 4 rings (SSSR count). The molecule has 0 radical (unpaired) electrons. The summed E-state index contributed by atoms with van der Waals surface area (Å²) in [5, 5.41) is 0.149. The van der Waals surface area contributed by atoms with Crippen LogP contribution in [0.2, 0.25) is 0 Å². The van der Waals surface area contributed by atoms with Crippen LogP contribution in [-0.4, -0.2) is 60.1 Å². The third kappa shape index (κ3) is 8.41. The van der Waals surface area contributed by atoms with Crippen molar-refractivity contribution in [2.24, 2.45) is 0 Å². The Labute approximate surface area is 258 Å². The number of amides is 1. The van der Waals surface area contributed by atoms with Crippen LogP contribution in [0.1, 0.15) is 29.9 Å². The summed E-state index contributed by atoms with van der Waals surface area (Å²) < 4.78 is 122. The Bertz CT molecular complexity index is 1910. The van der Waals surface area contributed by atoms with Gasteiger partial charge < -0.3 is 9.64 Å². The SMILES string of the molecule is C[C@H](c1nc2ccccc2c(=O)n1-c1ccc(OCC(F)(F)F)cc1)N(CCS(C)(=O)=O)C(=O)Cc1ccc(F)c(C(F)(F)F)c1. The molecule has 0 spiro atoms. The fourth-order valence-electron chi connectivity index (χ4n) is 4.65. The van der Waals surface area contributed by atoms with E-state index in [1.807, 2.05) is 0 Å². The van der Waals surface area contributed by atoms with E-state index in [-0.39, 0.29) is 33.7 Å². The summed E-state index contributed by atoms with van der Waals surface area (Å²) in [6.07, 6.45) is -9.39. The third-order valence-corrected chi connectivity index (χ3v) is 7.78. The minimum atomic E-state index is -5.04. The average molecular weight is 674 g/mol. The van der Waals surface area contributed by atoms with Gasteiger partial charge >= 0.3 is 12.4 Å². The molecule has 4 aromatic rings. The van der Waals surface area contributed by atoms with Crippen LogP contribution in [0, 0.1) is 5.82 Å². The van der Waals surface area contributed by atoms with Crippen LogP contribution in [0.4, 0.5) is 30.7 Å². The van der Waals surface area contributed by atoms with Gasteiger partial charge in [-0.25, -0.2) is 17.8 Å². The van der Waals surface area contributed by atoms with Crippen LogP contribution >= 0.6 is 0 Å². The van der Waals surface area contributed by atoms with E-state index in [0.717, 1.165) is 21.8 Å². The number of fused-ring (bicyclic) bond motifs is 1. The normalized spacial score (nSPS) is 13.1. The van der Waals surface area contributed by atoms with Crippen molar-refractivity contribution in [3.8, 4) is 11.4 Å². The number of halogens is 7. The van der Waals surface area contributed by atoms with Gasteiger partial charge in [0, 0.05) is 12.8 Å². The zero-order valence-corrected chi connectivity index (χ0v) is 25.0. The molecule has 0 aliphatic heterocycles. The number of carbonyl (C=O) groups is 1. The van der Waals surface area contributed by atoms with Gasteiger partial charge in [-0.2, -0.15) is 26.3 Å². The van der Waals surface area contributed by atoms with Gasteiger partial charge in [0.25, 0.3) is 5.56 Å². The molecule has 246 valence electrons. The highest BCUT2D eigenvalue weighted by Crippen LogP contribution is 2.32. The van der Waals surface area contributed by atoms with Gasteiger partial charge in [0.05, 0.1) is 40.4 Å². The first-order valence-corrected chi connectivity index (χ1v) is 15.5. The van der Waals surface area contributed by atoms with Crippen LogP contribution < -0.4 is 10.3 Å². The standard InChI is InChI=1S/C30H26F7N3O5S/c1-18(39(13-14-46(2,43)44)26(41)16-19-7-12-24(31)23(15-19)30(35,36)37)27-38-25-6-4-3-5-22(25)28(42)40(27)20-8-10-21(11-9-20)45-17-29(32,33)34/h3-12,15,18H,13-14,16-17H2,1-2H3/t18-/m1/s1. The molecule has 3 aromatic carbocycles. The molecule has 1 aromatic heterocycles. The Hall–Kier alpha value is -4.47. The molecule has 0 N–H and O–H groups in total. The lowest BCUT2D eigenvalue weighted by Gasteiger charge is -2.30. The topological polar surface area (TPSA) is 98.6 Å². The predicted octanol–water partition coefficient (Wildman–Crippen LogP) is 5.66. The van der Waals surface area contributed by atoms with Crippen molar-refractivity contribution in [2.45, 2.75) is 31.7 Å². The molecule has 0 saturated carbocycles. The molecule has 0 bridgehead atoms. The largest absolute Gasteiger partial charge is 0.484 e. The molecular formula is C30H26F7N3O5S. The molecule has 1 atom stereocenters. The van der Waals surface area contributed by atoms with E-state index in [0.29, 0.717) is 12.1 Å². The van der Waals surface area contributed by atoms with Crippen molar-refractivity contribution in [3.05, 3.63) is 99.9 Å². The maximum Gasteiger partial charge on any atom is 0.422 e. The zero-order chi connectivity index (χ0) is 34.0. The second-order valence-electron chi connectivity index (χ2n) is 10.4. The fraction of sp³-hybridized carbons (Fsp3) is 0.300. The third-order valence-electron chi connectivity index (χ3n) is 6.86. The van der Waals surface area contributed by atoms with Crippen molar-refractivity contribution in [1.29, 1.82) is 0 Å². The lowest BCUT2D eigenvalue weighted by molar-refractivity contribution is -0.153. The van der Waals surface area contributed by atoms with Crippen molar-refractivity contribution in [2.75, 3.05) is 25.2 Å². The number of rotatable bonds is 10. The predicted molar refractivity (Wildman–Crippen MR) is 154 cm³/mol. The monoisotopic (exact) mass is 673 g/mol. The molecule has 0 aliphatic rings. The summed E-state index contributed by atoms with van der Waals surface area (Å²) in [5.74, 6) is -3.17. The summed E-state index contributed by atoms with van der Waals surface area (Å²) in [6, 6.07) is 12.0. The van der Waals surface area contributed by atoms with E-state index < -0.39 is 76.4 Å². The number of ether oxygens (including phenoxy) is 1. The molecule has 1 heterocycles. The van der Waals surface area contributed by atoms with Crippen LogP contribution in [0.3, 0.4) is 0 Å². The average Bonchev–Trinajstić information content (AvgIpc) is 2.96. The zero-order valence-electron chi connectivity index (χ0n) is 24.2. The number of nitrogens with zero attached hydrogens (tertiary/aromatic N) is 3. The maximum absolute atomic E-state index is 13.9. The van der Waals surface area contributed by atoms with Gasteiger partial charge in [0.15, 0.2) is 6.61 Å². The molecule has 0 aliphatic carbocycles. The molecule has 1 amide bonds. The molecule has 0 unspecified atom stereocenters. The first-order chi connectivity index (χ1) is 21.3. The Morgan fingerprint density at radius 1 is 1.00 bits per heavy atom. The van der Waals surface area contributed by atoms with Crippen molar-refractivity contribution < 1.29 is 48.7 Å². The van der Waals surface area contributed by atoms with E-state index in [1.54, 1.807) is 12.1 Å². The number of hydrogen-bond donors (Lipinski definition) is 0. The number of benzene rings is 3. The first-order valence-electron chi connectivity index (χ1n) is 13.5. The summed E-state index contributed by atoms with van der Waals surface area (Å²) >= 11 is 0. The van der Waals surface area contributed by atoms with Crippen molar-refractivity contribution in [3.63, 3.8) is 0 Å². The number of aromatic nitrogens is 2. The molecule has 0 fully saturated rings. The van der Waals surface area contributed by atoms with E-state index in [2.05, 4.69) is 4.98 Å². The van der Waals surface area contributed by atoms with Gasteiger partial charge in [0.2, 0.25) is 5.91 Å². The Balaban J connectivity index is 1.80. The number of hydrogen-bond acceptors (Lipinski definition) is 6. The summed E-state index contributed by atoms with van der Waals surface area (Å²) in [4.78, 5) is 33.0. The summed E-state index contributed by atoms with van der Waals surface area (Å²) in [7, 11) is -3.67. The maximum atomic E-state index is 13.9. The summed E-state index contributed by atoms with van der Waals surface area (Å²) in [6.45, 7) is -0.569. The van der Waals surface area contributed by atoms with E-state index in [4.69, 9.17) is 4.74 Å². The highest BCUT2D eigenvalue weighted by Gasteiger charge is 2.35. The van der Waals surface area contributed by atoms with Crippen LogP contribution in [0.25, 0.3) is 16.6 Å². The van der Waals surface area contributed by atoms with E-state index in [9.17, 15) is 48.7 Å². The minimum absolute atomic E-state index is 0.0791. The van der Waals surface area contributed by atoms with Crippen LogP contribution in [0.15, 0.2) is 71.5 Å². The van der Waals surface area contributed by atoms with Gasteiger partial charge in [0.1, 0.15) is 27.2 Å². The Kier molecular flexibility index (Phi) is 9.80. The number of carbonyl (C=O) groups excluding carboxylic acids is 1. The summed E-state index contributed by atoms with van der Waals surface area (Å²) in [5.41, 5.74) is -2.08. The van der Waals surface area contributed by atoms with E-state index in [1.165, 1.54) is 43.3 Å². The quantitative estimate of drug-likeness (QED) is 0.202. The van der Waals surface area contributed by atoms with Gasteiger partial charge in [-0.1, -0.05) is 18.2 Å². The van der Waals surface area contributed by atoms with E-state index >= 15 is 0 Å². The minimum Gasteiger partial charge on any atom is -0.484 e.